The number of hydrogen-bond donors (Lipinski definition) is 2. The number of carbonyl (C=O) groups excluding carboxylic acids is 2. The van der Waals surface area contributed by atoms with Gasteiger partial charge >= 0.3 is 12.2 Å². The molecule has 2 fully saturated rings. The van der Waals surface area contributed by atoms with Gasteiger partial charge in [-0.15, -0.1) is 0 Å². The number of ether oxygens (including phenoxy) is 4. The normalized spacial score (nSPS) is 23.4. The molecule has 2 saturated heterocycles. The first-order valence-electron chi connectivity index (χ1n) is 14.9. The number of hydrogen-bond acceptors (Lipinski definition) is 8. The largest absolute Gasteiger partial charge is 0.442 e. The van der Waals surface area contributed by atoms with Gasteiger partial charge in [0.1, 0.15) is 12.2 Å². The summed E-state index contributed by atoms with van der Waals surface area (Å²) in [4.78, 5) is 29.0. The zero-order valence-electron chi connectivity index (χ0n) is 24.4. The Bertz CT molecular complexity index is 601. The maximum atomic E-state index is 12.2. The smallest absolute Gasteiger partial charge is 0.407 e. The summed E-state index contributed by atoms with van der Waals surface area (Å²) in [6, 6.07) is 1.12. The van der Waals surface area contributed by atoms with Gasteiger partial charge in [0.05, 0.1) is 13.2 Å². The Hall–Kier alpha value is -1.62. The molecular formula is C28H54N4O6. The second-order valence-corrected chi connectivity index (χ2v) is 10.8. The van der Waals surface area contributed by atoms with Crippen molar-refractivity contribution in [2.45, 2.75) is 103 Å². The third kappa shape index (κ3) is 15.7. The minimum absolute atomic E-state index is 0.241. The second kappa shape index (κ2) is 19.4. The van der Waals surface area contributed by atoms with Crippen LogP contribution in [0, 0.1) is 0 Å². The fraction of sp³-hybridized carbons (Fsp3) is 0.929. The van der Waals surface area contributed by atoms with Gasteiger partial charge in [0.25, 0.3) is 0 Å². The molecule has 222 valence electrons. The van der Waals surface area contributed by atoms with Crippen LogP contribution in [0.15, 0.2) is 0 Å². The van der Waals surface area contributed by atoms with E-state index in [4.69, 9.17) is 18.9 Å². The van der Waals surface area contributed by atoms with Gasteiger partial charge in [-0.3, -0.25) is 9.80 Å². The van der Waals surface area contributed by atoms with Crippen molar-refractivity contribution in [3.63, 3.8) is 0 Å². The summed E-state index contributed by atoms with van der Waals surface area (Å²) in [5.41, 5.74) is 0. The van der Waals surface area contributed by atoms with Crippen LogP contribution in [0.5, 0.6) is 0 Å². The predicted molar refractivity (Wildman–Crippen MR) is 149 cm³/mol. The number of amides is 2. The van der Waals surface area contributed by atoms with Crippen LogP contribution in [0.2, 0.25) is 0 Å². The van der Waals surface area contributed by atoms with Crippen molar-refractivity contribution in [3.8, 4) is 0 Å². The quantitative estimate of drug-likeness (QED) is 0.149. The van der Waals surface area contributed by atoms with Crippen molar-refractivity contribution in [1.29, 1.82) is 0 Å². The molecule has 0 aliphatic carbocycles. The lowest BCUT2D eigenvalue weighted by atomic mass is 10.2. The lowest BCUT2D eigenvalue weighted by molar-refractivity contribution is 0.0123. The van der Waals surface area contributed by atoms with Gasteiger partial charge in [0.15, 0.2) is 0 Å². The highest BCUT2D eigenvalue weighted by molar-refractivity contribution is 5.67. The van der Waals surface area contributed by atoms with E-state index >= 15 is 0 Å². The van der Waals surface area contributed by atoms with E-state index in [1.807, 2.05) is 0 Å². The molecule has 2 amide bonds. The van der Waals surface area contributed by atoms with Crippen molar-refractivity contribution in [2.75, 3.05) is 65.7 Å². The van der Waals surface area contributed by atoms with Gasteiger partial charge in [0, 0.05) is 64.6 Å². The molecule has 0 aromatic carbocycles. The van der Waals surface area contributed by atoms with Crippen LogP contribution in [-0.2, 0) is 18.9 Å². The molecule has 10 nitrogen and oxygen atoms in total. The summed E-state index contributed by atoms with van der Waals surface area (Å²) in [5.74, 6) is 0. The topological polar surface area (TPSA) is 101 Å². The monoisotopic (exact) mass is 542 g/mol. The van der Waals surface area contributed by atoms with Crippen LogP contribution in [0.3, 0.4) is 0 Å². The Morgan fingerprint density at radius 3 is 1.45 bits per heavy atom. The van der Waals surface area contributed by atoms with Crippen molar-refractivity contribution < 1.29 is 28.5 Å². The van der Waals surface area contributed by atoms with Crippen molar-refractivity contribution in [1.82, 2.24) is 20.4 Å². The zero-order valence-corrected chi connectivity index (χ0v) is 24.4. The standard InChI is InChI=1S/C28H54N4O6/c1-5-7-15-35-21-25(19-31-17-23(31)3)37-27(33)29-13-11-9-10-12-14-30-28(34)38-26(20-32-18-24(32)4)22-36-16-8-6-2/h23-26H,5-22H2,1-4H3,(H,29,33)(H,30,34). The highest BCUT2D eigenvalue weighted by Gasteiger charge is 2.33. The van der Waals surface area contributed by atoms with E-state index in [1.54, 1.807) is 0 Å². The maximum absolute atomic E-state index is 12.2. The van der Waals surface area contributed by atoms with E-state index in [2.05, 4.69) is 48.1 Å². The Kier molecular flexibility index (Phi) is 16.7. The maximum Gasteiger partial charge on any atom is 0.407 e. The molecule has 6 atom stereocenters. The number of alkyl carbamates (subject to hydrolysis) is 2. The lowest BCUT2D eigenvalue weighted by Gasteiger charge is -2.19. The van der Waals surface area contributed by atoms with Crippen LogP contribution >= 0.6 is 0 Å². The average molecular weight is 543 g/mol. The molecule has 2 aliphatic heterocycles. The Balaban J connectivity index is 1.49. The van der Waals surface area contributed by atoms with Gasteiger partial charge < -0.3 is 29.6 Å². The Morgan fingerprint density at radius 1 is 0.711 bits per heavy atom. The van der Waals surface area contributed by atoms with E-state index in [0.717, 1.165) is 77.5 Å². The van der Waals surface area contributed by atoms with Crippen molar-refractivity contribution in [2.24, 2.45) is 0 Å². The molecule has 0 radical (unpaired) electrons. The molecule has 2 N–H and O–H groups in total. The summed E-state index contributed by atoms with van der Waals surface area (Å²) in [6.45, 7) is 15.6. The third-order valence-corrected chi connectivity index (χ3v) is 6.93. The summed E-state index contributed by atoms with van der Waals surface area (Å²) < 4.78 is 22.6. The van der Waals surface area contributed by atoms with Crippen LogP contribution in [0.25, 0.3) is 0 Å². The predicted octanol–water partition coefficient (Wildman–Crippen LogP) is 3.78. The summed E-state index contributed by atoms with van der Waals surface area (Å²) in [6.07, 6.45) is 6.63. The molecular weight excluding hydrogens is 488 g/mol. The Morgan fingerprint density at radius 2 is 1.11 bits per heavy atom. The first-order valence-corrected chi connectivity index (χ1v) is 14.9. The van der Waals surface area contributed by atoms with Gasteiger partial charge in [-0.25, -0.2) is 9.59 Å². The van der Waals surface area contributed by atoms with Crippen LogP contribution in [-0.4, -0.2) is 112 Å². The minimum atomic E-state index is -0.377. The molecule has 10 heteroatoms. The number of nitrogens with zero attached hydrogens (tertiary/aromatic N) is 2. The molecule has 0 spiro atoms. The molecule has 6 unspecified atom stereocenters. The van der Waals surface area contributed by atoms with Gasteiger partial charge in [-0.1, -0.05) is 39.5 Å². The molecule has 0 aromatic heterocycles. The van der Waals surface area contributed by atoms with E-state index in [9.17, 15) is 9.59 Å². The van der Waals surface area contributed by atoms with Crippen LogP contribution < -0.4 is 10.6 Å². The fourth-order valence-electron chi connectivity index (χ4n) is 4.16. The minimum Gasteiger partial charge on any atom is -0.442 e. The second-order valence-electron chi connectivity index (χ2n) is 10.8. The van der Waals surface area contributed by atoms with Gasteiger partial charge in [-0.05, 0) is 39.5 Å². The molecule has 2 aliphatic rings. The van der Waals surface area contributed by atoms with Crippen LogP contribution in [0.1, 0.15) is 79.1 Å². The highest BCUT2D eigenvalue weighted by atomic mass is 16.6. The average Bonchev–Trinajstić information content (AvgIpc) is 3.78. The molecule has 2 heterocycles. The molecule has 38 heavy (non-hydrogen) atoms. The summed E-state index contributed by atoms with van der Waals surface area (Å²) >= 11 is 0. The molecule has 0 bridgehead atoms. The van der Waals surface area contributed by atoms with E-state index < -0.39 is 0 Å². The van der Waals surface area contributed by atoms with Gasteiger partial charge in [-0.2, -0.15) is 0 Å². The molecule has 0 aromatic rings. The number of unbranched alkanes of at least 4 members (excludes halogenated alkanes) is 5. The van der Waals surface area contributed by atoms with E-state index in [-0.39, 0.29) is 24.4 Å². The SMILES string of the molecule is CCCCOCC(CN1CC1C)OC(=O)NCCCCCCNC(=O)OC(COCCCC)CN1CC1C. The van der Waals surface area contributed by atoms with E-state index in [0.29, 0.717) is 51.6 Å². The van der Waals surface area contributed by atoms with E-state index in [1.165, 1.54) is 0 Å². The number of carbonyl (C=O) groups is 2. The number of nitrogens with one attached hydrogen (secondary N) is 2. The van der Waals surface area contributed by atoms with Crippen molar-refractivity contribution in [3.05, 3.63) is 0 Å². The third-order valence-electron chi connectivity index (χ3n) is 6.93. The summed E-state index contributed by atoms with van der Waals surface area (Å²) in [5, 5.41) is 5.72. The highest BCUT2D eigenvalue weighted by Crippen LogP contribution is 2.18. The molecule has 2 rings (SSSR count). The Labute approximate surface area is 230 Å². The molecule has 0 saturated carbocycles. The zero-order chi connectivity index (χ0) is 27.6. The van der Waals surface area contributed by atoms with Crippen LogP contribution in [0.4, 0.5) is 9.59 Å². The van der Waals surface area contributed by atoms with Gasteiger partial charge in [0.2, 0.25) is 0 Å². The first kappa shape index (κ1) is 32.6. The number of rotatable bonds is 23. The first-order chi connectivity index (χ1) is 18.4. The fourth-order valence-corrected chi connectivity index (χ4v) is 4.16. The lowest BCUT2D eigenvalue weighted by Crippen LogP contribution is -2.36. The summed E-state index contributed by atoms with van der Waals surface area (Å²) in [7, 11) is 0. The van der Waals surface area contributed by atoms with Crippen molar-refractivity contribution >= 4 is 12.2 Å².